The topological polar surface area (TPSA) is 51.5 Å². The van der Waals surface area contributed by atoms with E-state index in [1.807, 2.05) is 31.2 Å². The number of thioether (sulfide) groups is 1. The molecule has 1 fully saturated rings. The first-order chi connectivity index (χ1) is 15.0. The van der Waals surface area contributed by atoms with Gasteiger partial charge in [0.25, 0.3) is 5.91 Å². The first kappa shape index (κ1) is 20.8. The summed E-state index contributed by atoms with van der Waals surface area (Å²) in [6, 6.07) is 11.5. The van der Waals surface area contributed by atoms with E-state index in [-0.39, 0.29) is 22.1 Å². The Morgan fingerprint density at radius 2 is 2.00 bits per heavy atom. The molecule has 1 unspecified atom stereocenters. The van der Waals surface area contributed by atoms with Gasteiger partial charge < -0.3 is 14.2 Å². The number of rotatable bonds is 2. The van der Waals surface area contributed by atoms with E-state index in [4.69, 9.17) is 16.3 Å². The van der Waals surface area contributed by atoms with E-state index >= 15 is 0 Å². The second-order valence-corrected chi connectivity index (χ2v) is 10.3. The number of carbonyl (C=O) groups excluding carboxylic acids is 1. The molecule has 0 N–H and O–H groups in total. The number of halogens is 1. The van der Waals surface area contributed by atoms with Crippen molar-refractivity contribution in [1.29, 1.82) is 0 Å². The molecule has 0 aliphatic carbocycles. The lowest BCUT2D eigenvalue weighted by Gasteiger charge is -2.28. The summed E-state index contributed by atoms with van der Waals surface area (Å²) in [6.45, 7) is 3.91. The largest absolute Gasteiger partial charge is 0.378 e. The number of hydrogen-bond donors (Lipinski definition) is 0. The van der Waals surface area contributed by atoms with Crippen molar-refractivity contribution < 1.29 is 9.53 Å². The maximum Gasteiger partial charge on any atom is 0.259 e. The van der Waals surface area contributed by atoms with E-state index in [9.17, 15) is 9.59 Å². The second-order valence-electron chi connectivity index (χ2n) is 7.65. The normalized spacial score (nSPS) is 18.3. The van der Waals surface area contributed by atoms with Gasteiger partial charge in [-0.3, -0.25) is 9.59 Å². The summed E-state index contributed by atoms with van der Waals surface area (Å²) in [5, 5.41) is 2.81. The number of fused-ring (bicyclic) bond motifs is 3. The molecular formula is C23H21ClN2O3S2. The molecular weight excluding hydrogens is 452 g/mol. The summed E-state index contributed by atoms with van der Waals surface area (Å²) in [7, 11) is 0. The zero-order chi connectivity index (χ0) is 21.5. The predicted molar refractivity (Wildman–Crippen MR) is 125 cm³/mol. The number of morpholine rings is 1. The highest BCUT2D eigenvalue weighted by Crippen LogP contribution is 2.46. The van der Waals surface area contributed by atoms with Crippen molar-refractivity contribution >= 4 is 40.6 Å². The average Bonchev–Trinajstić information content (AvgIpc) is 3.24. The summed E-state index contributed by atoms with van der Waals surface area (Å²) >= 11 is 9.76. The fourth-order valence-corrected chi connectivity index (χ4v) is 6.72. The van der Waals surface area contributed by atoms with Gasteiger partial charge >= 0.3 is 0 Å². The molecule has 1 aromatic carbocycles. The molecule has 0 bridgehead atoms. The molecule has 0 radical (unpaired) electrons. The van der Waals surface area contributed by atoms with Gasteiger partial charge in [-0.05, 0) is 36.6 Å². The molecule has 2 aromatic heterocycles. The second kappa shape index (κ2) is 8.47. The summed E-state index contributed by atoms with van der Waals surface area (Å²) in [5.41, 5.74) is 2.60. The molecule has 4 heterocycles. The Morgan fingerprint density at radius 1 is 1.19 bits per heavy atom. The van der Waals surface area contributed by atoms with E-state index in [1.165, 1.54) is 4.88 Å². The summed E-state index contributed by atoms with van der Waals surface area (Å²) in [6.07, 6.45) is 0.583. The van der Waals surface area contributed by atoms with E-state index in [0.717, 1.165) is 22.0 Å². The number of carbonyl (C=O) groups is 1. The Bertz CT molecular complexity index is 1200. The van der Waals surface area contributed by atoms with E-state index in [1.54, 1.807) is 34.1 Å². The Labute approximate surface area is 193 Å². The third-order valence-corrected chi connectivity index (χ3v) is 8.34. The summed E-state index contributed by atoms with van der Waals surface area (Å²) in [4.78, 5) is 30.6. The zero-order valence-electron chi connectivity index (χ0n) is 17.0. The first-order valence-electron chi connectivity index (χ1n) is 10.2. The van der Waals surface area contributed by atoms with Crippen LogP contribution in [-0.4, -0.2) is 41.7 Å². The standard InChI is InChI=1S/C23H21ClN2O3S2/c1-14-11-18(27)22(23(28)25-6-8-29-9-7-25)17-13-21(19-3-2-10-30-19)31-20-12-15(24)4-5-16(20)26(14)17/h2-5,10-12,21H,6-9,13H2,1H3. The van der Waals surface area contributed by atoms with Gasteiger partial charge in [-0.25, -0.2) is 0 Å². The highest BCUT2D eigenvalue weighted by molar-refractivity contribution is 7.99. The van der Waals surface area contributed by atoms with Crippen molar-refractivity contribution in [2.75, 3.05) is 26.3 Å². The van der Waals surface area contributed by atoms with Crippen LogP contribution in [0.1, 0.15) is 31.9 Å². The van der Waals surface area contributed by atoms with Crippen LogP contribution in [0, 0.1) is 6.92 Å². The molecule has 0 spiro atoms. The molecule has 8 heteroatoms. The zero-order valence-corrected chi connectivity index (χ0v) is 19.4. The third kappa shape index (κ3) is 3.84. The van der Waals surface area contributed by atoms with Crippen LogP contribution in [0.4, 0.5) is 0 Å². The van der Waals surface area contributed by atoms with E-state index < -0.39 is 0 Å². The van der Waals surface area contributed by atoms with Gasteiger partial charge in [0.2, 0.25) is 0 Å². The minimum Gasteiger partial charge on any atom is -0.378 e. The lowest BCUT2D eigenvalue weighted by atomic mass is 10.0. The lowest BCUT2D eigenvalue weighted by molar-refractivity contribution is 0.0300. The smallest absolute Gasteiger partial charge is 0.259 e. The maximum absolute atomic E-state index is 13.5. The van der Waals surface area contributed by atoms with Gasteiger partial charge in [-0.2, -0.15) is 0 Å². The summed E-state index contributed by atoms with van der Waals surface area (Å²) in [5.74, 6) is -0.204. The number of pyridine rings is 1. The molecule has 5 rings (SSSR count). The van der Waals surface area contributed by atoms with Gasteiger partial charge in [0, 0.05) is 57.0 Å². The Balaban J connectivity index is 1.74. The molecule has 2 aliphatic heterocycles. The molecule has 1 amide bonds. The lowest BCUT2D eigenvalue weighted by Crippen LogP contribution is -2.43. The fourth-order valence-electron chi connectivity index (χ4n) is 4.25. The van der Waals surface area contributed by atoms with Crippen molar-refractivity contribution in [3.63, 3.8) is 0 Å². The Hall–Kier alpha value is -2.06. The molecule has 2 aliphatic rings. The van der Waals surface area contributed by atoms with Crippen LogP contribution in [0.3, 0.4) is 0 Å². The number of amides is 1. The van der Waals surface area contributed by atoms with Crippen molar-refractivity contribution in [3.8, 4) is 5.69 Å². The minimum absolute atomic E-state index is 0.0865. The van der Waals surface area contributed by atoms with Gasteiger partial charge in [-0.1, -0.05) is 17.7 Å². The highest BCUT2D eigenvalue weighted by atomic mass is 35.5. The van der Waals surface area contributed by atoms with Crippen LogP contribution < -0.4 is 5.43 Å². The monoisotopic (exact) mass is 472 g/mol. The van der Waals surface area contributed by atoms with Crippen LogP contribution in [0.2, 0.25) is 5.02 Å². The number of hydrogen-bond acceptors (Lipinski definition) is 5. The predicted octanol–water partition coefficient (Wildman–Crippen LogP) is 4.72. The number of thiophene rings is 1. The molecule has 1 atom stereocenters. The van der Waals surface area contributed by atoms with Gasteiger partial charge in [0.15, 0.2) is 5.43 Å². The maximum atomic E-state index is 13.5. The number of aromatic nitrogens is 1. The van der Waals surface area contributed by atoms with Crippen molar-refractivity contribution in [2.45, 2.75) is 23.5 Å². The number of benzene rings is 1. The first-order valence-corrected chi connectivity index (χ1v) is 12.3. The van der Waals surface area contributed by atoms with Crippen molar-refractivity contribution in [2.24, 2.45) is 0 Å². The van der Waals surface area contributed by atoms with Gasteiger partial charge in [0.05, 0.1) is 18.9 Å². The van der Waals surface area contributed by atoms with Gasteiger partial charge in [0.1, 0.15) is 5.56 Å². The van der Waals surface area contributed by atoms with E-state index in [2.05, 4.69) is 16.0 Å². The Morgan fingerprint density at radius 3 is 2.74 bits per heavy atom. The van der Waals surface area contributed by atoms with Crippen LogP contribution >= 0.6 is 34.7 Å². The number of nitrogens with zero attached hydrogens (tertiary/aromatic N) is 2. The summed E-state index contributed by atoms with van der Waals surface area (Å²) < 4.78 is 7.47. The number of aryl methyl sites for hydroxylation is 1. The van der Waals surface area contributed by atoms with Crippen molar-refractivity contribution in [1.82, 2.24) is 9.47 Å². The molecule has 31 heavy (non-hydrogen) atoms. The van der Waals surface area contributed by atoms with Crippen LogP contribution in [-0.2, 0) is 11.2 Å². The SMILES string of the molecule is Cc1cc(=O)c(C(=O)N2CCOCC2)c2n1-c1ccc(Cl)cc1SC(c1cccs1)C2. The average molecular weight is 473 g/mol. The van der Waals surface area contributed by atoms with Crippen LogP contribution in [0.15, 0.2) is 51.5 Å². The quantitative estimate of drug-likeness (QED) is 0.541. The van der Waals surface area contributed by atoms with Crippen LogP contribution in [0.5, 0.6) is 0 Å². The minimum atomic E-state index is -0.215. The van der Waals surface area contributed by atoms with Crippen molar-refractivity contribution in [3.05, 3.63) is 78.9 Å². The molecule has 3 aromatic rings. The number of ether oxygens (including phenoxy) is 1. The van der Waals surface area contributed by atoms with Gasteiger partial charge in [-0.15, -0.1) is 23.1 Å². The third-order valence-electron chi connectivity index (χ3n) is 5.68. The molecule has 0 saturated carbocycles. The highest BCUT2D eigenvalue weighted by Gasteiger charge is 2.31. The molecule has 5 nitrogen and oxygen atoms in total. The molecule has 1 saturated heterocycles. The fraction of sp³-hybridized carbons (Fsp3) is 0.304. The molecule has 160 valence electrons. The Kier molecular flexibility index (Phi) is 5.69. The van der Waals surface area contributed by atoms with Crippen LogP contribution in [0.25, 0.3) is 5.69 Å². The van der Waals surface area contributed by atoms with E-state index in [0.29, 0.717) is 37.7 Å².